The first-order chi connectivity index (χ1) is 14.6. The van der Waals surface area contributed by atoms with E-state index in [0.717, 1.165) is 42.2 Å². The largest absolute Gasteiger partial charge is 0.492 e. The van der Waals surface area contributed by atoms with E-state index in [2.05, 4.69) is 34.0 Å². The minimum Gasteiger partial charge on any atom is -0.492 e. The zero-order valence-electron chi connectivity index (χ0n) is 17.2. The number of aromatic carboxylic acids is 1. The molecule has 0 aliphatic carbocycles. The zero-order valence-corrected chi connectivity index (χ0v) is 17.2. The maximum atomic E-state index is 10.9. The summed E-state index contributed by atoms with van der Waals surface area (Å²) < 4.78 is 5.80. The maximum absolute atomic E-state index is 10.9. The Bertz CT molecular complexity index is 938. The number of aromatic nitrogens is 2. The monoisotopic (exact) mass is 406 g/mol. The van der Waals surface area contributed by atoms with E-state index in [-0.39, 0.29) is 5.56 Å². The Morgan fingerprint density at radius 3 is 2.17 bits per heavy atom. The predicted octanol–water partition coefficient (Wildman–Crippen LogP) is 4.31. The highest BCUT2D eigenvalue weighted by Crippen LogP contribution is 2.21. The van der Waals surface area contributed by atoms with Crippen LogP contribution in [-0.2, 0) is 0 Å². The molecule has 0 unspecified atom stereocenters. The van der Waals surface area contributed by atoms with Crippen LogP contribution in [-0.4, -0.2) is 52.2 Å². The molecule has 3 rings (SSSR count). The van der Waals surface area contributed by atoms with Crippen LogP contribution < -0.4 is 10.1 Å². The average Bonchev–Trinajstić information content (AvgIpc) is 2.78. The number of carboxylic acid groups (broad SMARTS) is 1. The van der Waals surface area contributed by atoms with E-state index in [4.69, 9.17) is 9.84 Å². The highest BCUT2D eigenvalue weighted by molar-refractivity contribution is 5.88. The van der Waals surface area contributed by atoms with E-state index >= 15 is 0 Å². The molecular formula is C23H26N4O3. The SMILES string of the molecule is CCN(CC)CCOc1ccc(Nc2ncc(-c3ccc(C(=O)O)cc3)cn2)cc1. The molecule has 0 atom stereocenters. The van der Waals surface area contributed by atoms with Crippen LogP contribution in [0.2, 0.25) is 0 Å². The van der Waals surface area contributed by atoms with E-state index in [1.807, 2.05) is 24.3 Å². The quantitative estimate of drug-likeness (QED) is 0.519. The summed E-state index contributed by atoms with van der Waals surface area (Å²) in [7, 11) is 0. The van der Waals surface area contributed by atoms with Gasteiger partial charge in [0.15, 0.2) is 0 Å². The number of likely N-dealkylation sites (N-methyl/N-ethyl adjacent to an activating group) is 1. The Balaban J connectivity index is 1.55. The first-order valence-electron chi connectivity index (χ1n) is 9.97. The molecule has 0 aliphatic heterocycles. The number of rotatable bonds is 10. The van der Waals surface area contributed by atoms with Gasteiger partial charge in [-0.05, 0) is 55.1 Å². The second kappa shape index (κ2) is 10.4. The normalized spacial score (nSPS) is 10.8. The fourth-order valence-corrected chi connectivity index (χ4v) is 2.94. The third-order valence-corrected chi connectivity index (χ3v) is 4.80. The second-order valence-corrected chi connectivity index (χ2v) is 6.70. The Kier molecular flexibility index (Phi) is 7.34. The van der Waals surface area contributed by atoms with Gasteiger partial charge < -0.3 is 20.1 Å². The lowest BCUT2D eigenvalue weighted by atomic mass is 10.1. The van der Waals surface area contributed by atoms with Gasteiger partial charge in [0.25, 0.3) is 0 Å². The Hall–Kier alpha value is -3.45. The van der Waals surface area contributed by atoms with Crippen LogP contribution in [0.5, 0.6) is 5.75 Å². The number of anilines is 2. The molecule has 7 heteroatoms. The molecule has 1 aromatic heterocycles. The Labute approximate surface area is 176 Å². The number of nitrogens with one attached hydrogen (secondary N) is 1. The van der Waals surface area contributed by atoms with Crippen LogP contribution in [0.3, 0.4) is 0 Å². The summed E-state index contributed by atoms with van der Waals surface area (Å²) in [5.41, 5.74) is 2.79. The lowest BCUT2D eigenvalue weighted by Crippen LogP contribution is -2.27. The molecule has 2 aromatic carbocycles. The molecular weight excluding hydrogens is 380 g/mol. The van der Waals surface area contributed by atoms with Crippen LogP contribution in [0.1, 0.15) is 24.2 Å². The number of carboxylic acids is 1. The van der Waals surface area contributed by atoms with Crippen molar-refractivity contribution in [3.8, 4) is 16.9 Å². The summed E-state index contributed by atoms with van der Waals surface area (Å²) in [6.45, 7) is 7.91. The fourth-order valence-electron chi connectivity index (χ4n) is 2.94. The summed E-state index contributed by atoms with van der Waals surface area (Å²) in [4.78, 5) is 22.0. The summed E-state index contributed by atoms with van der Waals surface area (Å²) in [5, 5.41) is 12.1. The van der Waals surface area contributed by atoms with Crippen molar-refractivity contribution in [2.45, 2.75) is 13.8 Å². The van der Waals surface area contributed by atoms with Crippen LogP contribution in [0.4, 0.5) is 11.6 Å². The molecule has 30 heavy (non-hydrogen) atoms. The number of carbonyl (C=O) groups is 1. The van der Waals surface area contributed by atoms with E-state index < -0.39 is 5.97 Å². The third kappa shape index (κ3) is 5.78. The van der Waals surface area contributed by atoms with E-state index in [9.17, 15) is 4.79 Å². The molecule has 0 bridgehead atoms. The number of ether oxygens (including phenoxy) is 1. The van der Waals surface area contributed by atoms with Crippen LogP contribution in [0.25, 0.3) is 11.1 Å². The molecule has 0 fully saturated rings. The molecule has 0 saturated heterocycles. The molecule has 0 saturated carbocycles. The smallest absolute Gasteiger partial charge is 0.335 e. The van der Waals surface area contributed by atoms with Crippen LogP contribution in [0, 0.1) is 0 Å². The van der Waals surface area contributed by atoms with Crippen molar-refractivity contribution in [1.29, 1.82) is 0 Å². The maximum Gasteiger partial charge on any atom is 0.335 e. The standard InChI is InChI=1S/C23H26N4O3/c1-3-27(4-2)13-14-30-21-11-9-20(10-12-21)26-23-24-15-19(16-25-23)17-5-7-18(8-6-17)22(28)29/h5-12,15-16H,3-4,13-14H2,1-2H3,(H,28,29)(H,24,25,26). The van der Waals surface area contributed by atoms with Crippen molar-refractivity contribution < 1.29 is 14.6 Å². The van der Waals surface area contributed by atoms with E-state index in [1.165, 1.54) is 0 Å². The van der Waals surface area contributed by atoms with Gasteiger partial charge in [0.1, 0.15) is 12.4 Å². The van der Waals surface area contributed by atoms with Crippen molar-refractivity contribution in [3.05, 3.63) is 66.5 Å². The summed E-state index contributed by atoms with van der Waals surface area (Å²) in [6, 6.07) is 14.3. The topological polar surface area (TPSA) is 87.6 Å². The fraction of sp³-hybridized carbons (Fsp3) is 0.261. The Morgan fingerprint density at radius 2 is 1.60 bits per heavy atom. The number of hydrogen-bond acceptors (Lipinski definition) is 6. The molecule has 2 N–H and O–H groups in total. The molecule has 156 valence electrons. The molecule has 0 radical (unpaired) electrons. The van der Waals surface area contributed by atoms with Gasteiger partial charge in [0, 0.05) is 30.2 Å². The predicted molar refractivity (Wildman–Crippen MR) is 117 cm³/mol. The number of benzene rings is 2. The van der Waals surface area contributed by atoms with Gasteiger partial charge in [-0.3, -0.25) is 0 Å². The second-order valence-electron chi connectivity index (χ2n) is 6.70. The van der Waals surface area contributed by atoms with Gasteiger partial charge in [0.05, 0.1) is 5.56 Å². The van der Waals surface area contributed by atoms with Crippen molar-refractivity contribution in [1.82, 2.24) is 14.9 Å². The molecule has 0 amide bonds. The zero-order chi connectivity index (χ0) is 21.3. The molecule has 1 heterocycles. The summed E-state index contributed by atoms with van der Waals surface area (Å²) >= 11 is 0. The van der Waals surface area contributed by atoms with Crippen molar-refractivity contribution in [2.75, 3.05) is 31.6 Å². The van der Waals surface area contributed by atoms with Crippen molar-refractivity contribution in [2.24, 2.45) is 0 Å². The van der Waals surface area contributed by atoms with Crippen LogP contribution in [0.15, 0.2) is 60.9 Å². The van der Waals surface area contributed by atoms with Gasteiger partial charge in [-0.25, -0.2) is 14.8 Å². The van der Waals surface area contributed by atoms with Gasteiger partial charge in [-0.1, -0.05) is 26.0 Å². The summed E-state index contributed by atoms with van der Waals surface area (Å²) in [6.07, 6.45) is 3.41. The molecule has 3 aromatic rings. The van der Waals surface area contributed by atoms with Gasteiger partial charge in [0.2, 0.25) is 5.95 Å². The first kappa shape index (κ1) is 21.3. The lowest BCUT2D eigenvalue weighted by molar-refractivity contribution is 0.0697. The van der Waals surface area contributed by atoms with E-state index in [1.54, 1.807) is 36.7 Å². The highest BCUT2D eigenvalue weighted by Gasteiger charge is 2.05. The number of nitrogens with zero attached hydrogens (tertiary/aromatic N) is 3. The Morgan fingerprint density at radius 1 is 0.967 bits per heavy atom. The van der Waals surface area contributed by atoms with Crippen LogP contribution >= 0.6 is 0 Å². The lowest BCUT2D eigenvalue weighted by Gasteiger charge is -2.18. The van der Waals surface area contributed by atoms with E-state index in [0.29, 0.717) is 12.6 Å². The number of hydrogen-bond donors (Lipinski definition) is 2. The first-order valence-corrected chi connectivity index (χ1v) is 9.97. The minimum atomic E-state index is -0.947. The summed E-state index contributed by atoms with van der Waals surface area (Å²) in [5.74, 6) is 0.363. The average molecular weight is 406 g/mol. The van der Waals surface area contributed by atoms with Gasteiger partial charge in [-0.15, -0.1) is 0 Å². The van der Waals surface area contributed by atoms with Crippen molar-refractivity contribution >= 4 is 17.6 Å². The van der Waals surface area contributed by atoms with Gasteiger partial charge in [-0.2, -0.15) is 0 Å². The molecule has 7 nitrogen and oxygen atoms in total. The van der Waals surface area contributed by atoms with Gasteiger partial charge >= 0.3 is 5.97 Å². The highest BCUT2D eigenvalue weighted by atomic mass is 16.5. The molecule has 0 aliphatic rings. The minimum absolute atomic E-state index is 0.249. The third-order valence-electron chi connectivity index (χ3n) is 4.80. The van der Waals surface area contributed by atoms with Crippen molar-refractivity contribution in [3.63, 3.8) is 0 Å². The molecule has 0 spiro atoms.